The van der Waals surface area contributed by atoms with Crippen molar-refractivity contribution in [3.63, 3.8) is 0 Å². The van der Waals surface area contributed by atoms with Crippen LogP contribution in [0.2, 0.25) is 5.02 Å². The summed E-state index contributed by atoms with van der Waals surface area (Å²) in [6.45, 7) is 9.67. The number of anilines is 1. The van der Waals surface area contributed by atoms with Crippen molar-refractivity contribution >= 4 is 28.3 Å². The molecule has 2 aromatic carbocycles. The van der Waals surface area contributed by atoms with E-state index in [1.807, 2.05) is 12.1 Å². The average Bonchev–Trinajstić information content (AvgIpc) is 3.02. The first-order valence-electron chi connectivity index (χ1n) is 10.2. The molecule has 0 fully saturated rings. The molecule has 6 nitrogen and oxygen atoms in total. The monoisotopic (exact) mass is 478 g/mol. The molecule has 2 N–H and O–H groups in total. The Kier molecular flexibility index (Phi) is 6.79. The molecule has 0 spiro atoms. The Morgan fingerprint density at radius 2 is 1.75 bits per heavy atom. The quantitative estimate of drug-likeness (QED) is 0.521. The highest BCUT2D eigenvalue weighted by Crippen LogP contribution is 2.33. The largest absolute Gasteiger partial charge is 0.390 e. The van der Waals surface area contributed by atoms with Crippen LogP contribution < -0.4 is 4.72 Å². The first-order valence-corrected chi connectivity index (χ1v) is 11.7. The van der Waals surface area contributed by atoms with Crippen LogP contribution in [0.1, 0.15) is 46.0 Å². The number of rotatable bonds is 6. The smallest absolute Gasteiger partial charge is 0.165 e. The highest BCUT2D eigenvalue weighted by Gasteiger charge is 2.22. The zero-order valence-electron chi connectivity index (χ0n) is 19.0. The second kappa shape index (κ2) is 8.92. The van der Waals surface area contributed by atoms with Gasteiger partial charge in [0.25, 0.3) is 0 Å². The van der Waals surface area contributed by atoms with E-state index in [1.165, 1.54) is 12.1 Å². The lowest BCUT2D eigenvalue weighted by atomic mass is 9.87. The molecule has 172 valence electrons. The molecule has 0 bridgehead atoms. The molecule has 32 heavy (non-hydrogen) atoms. The lowest BCUT2D eigenvalue weighted by molar-refractivity contribution is 0.0780. The van der Waals surface area contributed by atoms with Crippen molar-refractivity contribution in [3.05, 3.63) is 58.6 Å². The minimum atomic E-state index is -1.64. The van der Waals surface area contributed by atoms with Gasteiger partial charge in [0.05, 0.1) is 21.2 Å². The first kappa shape index (κ1) is 24.4. The van der Waals surface area contributed by atoms with Crippen molar-refractivity contribution in [3.8, 4) is 11.4 Å². The Labute approximate surface area is 195 Å². The molecular weight excluding hydrogens is 451 g/mol. The van der Waals surface area contributed by atoms with Crippen LogP contribution in [0, 0.1) is 5.82 Å². The summed E-state index contributed by atoms with van der Waals surface area (Å²) in [6, 6.07) is 10.1. The van der Waals surface area contributed by atoms with Crippen molar-refractivity contribution in [1.82, 2.24) is 14.8 Å². The van der Waals surface area contributed by atoms with E-state index in [-0.39, 0.29) is 22.5 Å². The highest BCUT2D eigenvalue weighted by atomic mass is 35.5. The summed E-state index contributed by atoms with van der Waals surface area (Å²) in [7, 11) is 0.108. The van der Waals surface area contributed by atoms with E-state index in [0.717, 1.165) is 5.56 Å². The van der Waals surface area contributed by atoms with Crippen LogP contribution in [0.4, 0.5) is 10.1 Å². The van der Waals surface area contributed by atoms with Crippen LogP contribution in [0.25, 0.3) is 11.4 Å². The Bertz CT molecular complexity index is 1150. The van der Waals surface area contributed by atoms with E-state index >= 15 is 0 Å². The summed E-state index contributed by atoms with van der Waals surface area (Å²) in [6.07, 6.45) is 0.278. The molecule has 0 aliphatic heterocycles. The van der Waals surface area contributed by atoms with Gasteiger partial charge in [-0.25, -0.2) is 8.60 Å². The van der Waals surface area contributed by atoms with E-state index in [2.05, 4.69) is 35.7 Å². The van der Waals surface area contributed by atoms with Crippen molar-refractivity contribution in [2.45, 2.75) is 57.0 Å². The number of hydrogen-bond acceptors (Lipinski definition) is 4. The van der Waals surface area contributed by atoms with Crippen molar-refractivity contribution in [2.24, 2.45) is 7.05 Å². The maximum atomic E-state index is 14.3. The SMILES string of the molecule is Cn1c(CC(C)(C)O)nnc1-c1cc(Cl)c(F)cc1NS(=O)c1ccc(C(C)(C)C)cc1. The topological polar surface area (TPSA) is 80.0 Å². The Hall–Kier alpha value is -2.29. The Morgan fingerprint density at radius 1 is 1.12 bits per heavy atom. The molecule has 1 aromatic heterocycles. The second-order valence-corrected chi connectivity index (χ2v) is 11.1. The summed E-state index contributed by atoms with van der Waals surface area (Å²) in [5, 5.41) is 18.4. The molecule has 0 aliphatic carbocycles. The molecule has 0 aliphatic rings. The third-order valence-corrected chi connectivity index (χ3v) is 6.39. The number of halogens is 2. The molecule has 3 rings (SSSR count). The molecule has 0 saturated carbocycles. The number of aromatic nitrogens is 3. The molecule has 0 radical (unpaired) electrons. The molecular formula is C23H28ClFN4O2S. The van der Waals surface area contributed by atoms with E-state index < -0.39 is 22.4 Å². The van der Waals surface area contributed by atoms with Crippen LogP contribution in [-0.2, 0) is 29.9 Å². The van der Waals surface area contributed by atoms with Crippen molar-refractivity contribution in [2.75, 3.05) is 4.72 Å². The Balaban J connectivity index is 1.97. The molecule has 1 heterocycles. The molecule has 0 amide bonds. The minimum absolute atomic E-state index is 0.0219. The number of benzene rings is 2. The van der Waals surface area contributed by atoms with Gasteiger partial charge < -0.3 is 14.4 Å². The van der Waals surface area contributed by atoms with Gasteiger partial charge in [-0.3, -0.25) is 0 Å². The van der Waals surface area contributed by atoms with Crippen molar-refractivity contribution in [1.29, 1.82) is 0 Å². The predicted molar refractivity (Wildman–Crippen MR) is 127 cm³/mol. The van der Waals surface area contributed by atoms with E-state index in [1.54, 1.807) is 37.6 Å². The minimum Gasteiger partial charge on any atom is -0.390 e. The van der Waals surface area contributed by atoms with E-state index in [4.69, 9.17) is 11.6 Å². The third kappa shape index (κ3) is 5.54. The van der Waals surface area contributed by atoms with Gasteiger partial charge in [0.15, 0.2) is 5.82 Å². The summed E-state index contributed by atoms with van der Waals surface area (Å²) in [5.41, 5.74) is 0.852. The van der Waals surface area contributed by atoms with Gasteiger partial charge in [-0.05, 0) is 43.0 Å². The predicted octanol–water partition coefficient (Wildman–Crippen LogP) is 5.02. The van der Waals surface area contributed by atoms with Crippen LogP contribution in [0.3, 0.4) is 0 Å². The molecule has 1 unspecified atom stereocenters. The van der Waals surface area contributed by atoms with Gasteiger partial charge >= 0.3 is 0 Å². The lowest BCUT2D eigenvalue weighted by Gasteiger charge is -2.19. The number of nitrogens with one attached hydrogen (secondary N) is 1. The van der Waals surface area contributed by atoms with Crippen LogP contribution >= 0.6 is 11.6 Å². The zero-order chi connectivity index (χ0) is 23.8. The standard InChI is InChI=1S/C23H28ClFN4O2S/c1-22(2,3)14-7-9-15(10-8-14)32(31)28-19-12-18(25)17(24)11-16(19)21-27-26-20(29(21)6)13-23(4,5)30/h7-12,28,30H,13H2,1-6H3. The van der Waals surface area contributed by atoms with Crippen molar-refractivity contribution < 1.29 is 13.7 Å². The van der Waals surface area contributed by atoms with Gasteiger partial charge in [0, 0.05) is 25.1 Å². The summed E-state index contributed by atoms with van der Waals surface area (Å²) < 4.78 is 31.9. The second-order valence-electron chi connectivity index (χ2n) is 9.45. The number of hydrogen-bond donors (Lipinski definition) is 2. The van der Waals surface area contributed by atoms with Gasteiger partial charge in [-0.2, -0.15) is 0 Å². The maximum absolute atomic E-state index is 14.3. The van der Waals surface area contributed by atoms with Gasteiger partial charge in [-0.15, -0.1) is 10.2 Å². The molecule has 9 heteroatoms. The lowest BCUT2D eigenvalue weighted by Crippen LogP contribution is -2.24. The average molecular weight is 479 g/mol. The van der Waals surface area contributed by atoms with E-state index in [0.29, 0.717) is 22.1 Å². The van der Waals surface area contributed by atoms with Crippen LogP contribution in [-0.4, -0.2) is 29.7 Å². The number of aliphatic hydroxyl groups is 1. The zero-order valence-corrected chi connectivity index (χ0v) is 20.6. The summed E-state index contributed by atoms with van der Waals surface area (Å²) >= 11 is 6.04. The molecule has 1 atom stereocenters. The fraction of sp³-hybridized carbons (Fsp3) is 0.391. The normalized spacial score (nSPS) is 13.3. The summed E-state index contributed by atoms with van der Waals surface area (Å²) in [5.74, 6) is 0.323. The van der Waals surface area contributed by atoms with Gasteiger partial charge in [-0.1, -0.05) is 44.5 Å². The summed E-state index contributed by atoms with van der Waals surface area (Å²) in [4.78, 5) is 0.556. The third-order valence-electron chi connectivity index (χ3n) is 4.99. The fourth-order valence-electron chi connectivity index (χ4n) is 3.19. The van der Waals surface area contributed by atoms with Gasteiger partial charge in [0.2, 0.25) is 0 Å². The highest BCUT2D eigenvalue weighted by molar-refractivity contribution is 7.86. The van der Waals surface area contributed by atoms with Gasteiger partial charge in [0.1, 0.15) is 22.6 Å². The number of nitrogens with zero attached hydrogens (tertiary/aromatic N) is 3. The maximum Gasteiger partial charge on any atom is 0.165 e. The molecule has 0 saturated heterocycles. The first-order chi connectivity index (χ1) is 14.8. The van der Waals surface area contributed by atoms with E-state index in [9.17, 15) is 13.7 Å². The fourth-order valence-corrected chi connectivity index (χ4v) is 4.22. The van der Waals surface area contributed by atoms with Crippen LogP contribution in [0.5, 0.6) is 0 Å². The van der Waals surface area contributed by atoms with Crippen LogP contribution in [0.15, 0.2) is 41.3 Å². The Morgan fingerprint density at radius 3 is 2.31 bits per heavy atom. The molecule has 3 aromatic rings.